The van der Waals surface area contributed by atoms with Crippen LogP contribution in [-0.2, 0) is 16.0 Å². The molecule has 188 valence electrons. The first kappa shape index (κ1) is 24.9. The monoisotopic (exact) mass is 492 g/mol. The molecule has 0 atom stereocenters. The van der Waals surface area contributed by atoms with Crippen LogP contribution in [0.4, 0.5) is 18.9 Å². The summed E-state index contributed by atoms with van der Waals surface area (Å²) >= 11 is 0. The fraction of sp³-hybridized carbons (Fsp3) is 0.400. The van der Waals surface area contributed by atoms with Gasteiger partial charge >= 0.3 is 6.36 Å². The molecular formula is C25H27F3N2O5. The minimum atomic E-state index is -4.82. The van der Waals surface area contributed by atoms with Crippen molar-refractivity contribution in [2.45, 2.75) is 12.8 Å². The zero-order chi connectivity index (χ0) is 24.8. The molecule has 0 radical (unpaired) electrons. The Labute approximate surface area is 201 Å². The summed E-state index contributed by atoms with van der Waals surface area (Å²) in [5.74, 6) is 0.405. The van der Waals surface area contributed by atoms with E-state index < -0.39 is 6.36 Å². The Morgan fingerprint density at radius 2 is 1.86 bits per heavy atom. The molecule has 10 heteroatoms. The number of benzene rings is 2. The van der Waals surface area contributed by atoms with Gasteiger partial charge in [0, 0.05) is 43.9 Å². The standard InChI is InChI=1S/C25H27F3N2O5/c1-32-22-16-19-8-9-30(20(19)17-23(22)34-15-12-29-10-13-33-14-11-29)24(31)7-6-18-4-2-3-5-21(18)35-25(26,27)28/h2-7,16-17H,8-15H2,1H3/b7-6+. The number of ether oxygens (including phenoxy) is 4. The first-order chi connectivity index (χ1) is 16.8. The number of carbonyl (C=O) groups excluding carboxylic acids is 1. The molecule has 2 aromatic rings. The van der Waals surface area contributed by atoms with Crippen molar-refractivity contribution in [1.29, 1.82) is 0 Å². The van der Waals surface area contributed by atoms with E-state index in [2.05, 4.69) is 9.64 Å². The Kier molecular flexibility index (Phi) is 7.82. The lowest BCUT2D eigenvalue weighted by Gasteiger charge is -2.26. The van der Waals surface area contributed by atoms with Gasteiger partial charge in [0.15, 0.2) is 11.5 Å². The normalized spacial score (nSPS) is 16.4. The highest BCUT2D eigenvalue weighted by Gasteiger charge is 2.32. The molecule has 0 aliphatic carbocycles. The molecule has 0 bridgehead atoms. The van der Waals surface area contributed by atoms with Crippen LogP contribution in [0.25, 0.3) is 6.08 Å². The summed E-state index contributed by atoms with van der Waals surface area (Å²) in [6.45, 7) is 4.78. The summed E-state index contributed by atoms with van der Waals surface area (Å²) in [4.78, 5) is 16.8. The lowest BCUT2D eigenvalue weighted by atomic mass is 10.1. The molecule has 0 saturated carbocycles. The second-order valence-electron chi connectivity index (χ2n) is 8.09. The van der Waals surface area contributed by atoms with E-state index in [4.69, 9.17) is 14.2 Å². The van der Waals surface area contributed by atoms with E-state index in [9.17, 15) is 18.0 Å². The van der Waals surface area contributed by atoms with Crippen LogP contribution in [-0.4, -0.2) is 70.3 Å². The van der Waals surface area contributed by atoms with E-state index in [1.165, 1.54) is 30.4 Å². The molecule has 2 aliphatic rings. The van der Waals surface area contributed by atoms with Crippen LogP contribution in [0.5, 0.6) is 17.2 Å². The zero-order valence-corrected chi connectivity index (χ0v) is 19.3. The third kappa shape index (κ3) is 6.46. The molecule has 7 nitrogen and oxygen atoms in total. The quantitative estimate of drug-likeness (QED) is 0.521. The van der Waals surface area contributed by atoms with Gasteiger partial charge < -0.3 is 23.8 Å². The maximum absolute atomic E-state index is 12.9. The Hall–Kier alpha value is -3.24. The predicted octanol–water partition coefficient (Wildman–Crippen LogP) is 3.91. The highest BCUT2D eigenvalue weighted by Crippen LogP contribution is 2.39. The van der Waals surface area contributed by atoms with Gasteiger partial charge in [-0.25, -0.2) is 0 Å². The molecule has 2 heterocycles. The Balaban J connectivity index is 1.46. The zero-order valence-electron chi connectivity index (χ0n) is 19.3. The lowest BCUT2D eigenvalue weighted by Crippen LogP contribution is -2.38. The van der Waals surface area contributed by atoms with Gasteiger partial charge in [0.1, 0.15) is 12.4 Å². The second kappa shape index (κ2) is 11.0. The Morgan fingerprint density at radius 1 is 1.09 bits per heavy atom. The second-order valence-corrected chi connectivity index (χ2v) is 8.09. The van der Waals surface area contributed by atoms with E-state index in [0.29, 0.717) is 50.0 Å². The Morgan fingerprint density at radius 3 is 2.60 bits per heavy atom. The van der Waals surface area contributed by atoms with Crippen molar-refractivity contribution in [1.82, 2.24) is 4.90 Å². The summed E-state index contributed by atoms with van der Waals surface area (Å²) < 4.78 is 58.9. The number of fused-ring (bicyclic) bond motifs is 1. The van der Waals surface area contributed by atoms with Crippen molar-refractivity contribution in [3.05, 3.63) is 53.6 Å². The summed E-state index contributed by atoms with van der Waals surface area (Å²) in [6, 6.07) is 9.32. The maximum atomic E-state index is 12.9. The lowest BCUT2D eigenvalue weighted by molar-refractivity contribution is -0.274. The summed E-state index contributed by atoms with van der Waals surface area (Å²) in [5.41, 5.74) is 1.78. The fourth-order valence-electron chi connectivity index (χ4n) is 4.09. The summed E-state index contributed by atoms with van der Waals surface area (Å²) in [7, 11) is 1.57. The van der Waals surface area contributed by atoms with Crippen molar-refractivity contribution < 1.29 is 36.9 Å². The first-order valence-electron chi connectivity index (χ1n) is 11.3. The number of hydrogen-bond acceptors (Lipinski definition) is 6. The smallest absolute Gasteiger partial charge is 0.493 e. The van der Waals surface area contributed by atoms with E-state index in [-0.39, 0.29) is 17.2 Å². The molecule has 0 N–H and O–H groups in total. The number of para-hydroxylation sites is 1. The van der Waals surface area contributed by atoms with E-state index in [0.717, 1.165) is 25.2 Å². The summed E-state index contributed by atoms with van der Waals surface area (Å²) in [6.07, 6.45) is -1.62. The average molecular weight is 492 g/mol. The molecule has 2 aliphatic heterocycles. The maximum Gasteiger partial charge on any atom is 0.573 e. The number of rotatable bonds is 8. The summed E-state index contributed by atoms with van der Waals surface area (Å²) in [5, 5.41) is 0. The minimum Gasteiger partial charge on any atom is -0.493 e. The van der Waals surface area contributed by atoms with Crippen LogP contribution in [0.1, 0.15) is 11.1 Å². The van der Waals surface area contributed by atoms with Gasteiger partial charge in [0.25, 0.3) is 5.91 Å². The molecular weight excluding hydrogens is 465 g/mol. The number of amides is 1. The first-order valence-corrected chi connectivity index (χ1v) is 11.3. The van der Waals surface area contributed by atoms with Gasteiger partial charge in [-0.15, -0.1) is 13.2 Å². The molecule has 1 fully saturated rings. The van der Waals surface area contributed by atoms with Gasteiger partial charge in [-0.1, -0.05) is 18.2 Å². The molecule has 1 saturated heterocycles. The molecule has 2 aromatic carbocycles. The number of alkyl halides is 3. The largest absolute Gasteiger partial charge is 0.573 e. The van der Waals surface area contributed by atoms with E-state index in [1.54, 1.807) is 24.1 Å². The fourth-order valence-corrected chi connectivity index (χ4v) is 4.09. The van der Waals surface area contributed by atoms with Crippen molar-refractivity contribution >= 4 is 17.7 Å². The van der Waals surface area contributed by atoms with Crippen LogP contribution < -0.4 is 19.1 Å². The SMILES string of the molecule is COc1cc2c(cc1OCCN1CCOCC1)N(C(=O)/C=C/c1ccccc1OC(F)(F)F)CC2. The van der Waals surface area contributed by atoms with Gasteiger partial charge in [0.05, 0.1) is 26.0 Å². The van der Waals surface area contributed by atoms with Crippen LogP contribution >= 0.6 is 0 Å². The molecule has 0 spiro atoms. The molecule has 35 heavy (non-hydrogen) atoms. The highest BCUT2D eigenvalue weighted by molar-refractivity contribution is 6.05. The highest BCUT2D eigenvalue weighted by atomic mass is 19.4. The topological polar surface area (TPSA) is 60.5 Å². The predicted molar refractivity (Wildman–Crippen MR) is 124 cm³/mol. The van der Waals surface area contributed by atoms with E-state index >= 15 is 0 Å². The number of hydrogen-bond donors (Lipinski definition) is 0. The molecule has 4 rings (SSSR count). The Bertz CT molecular complexity index is 1070. The van der Waals surface area contributed by atoms with Gasteiger partial charge in [-0.3, -0.25) is 9.69 Å². The van der Waals surface area contributed by atoms with Crippen molar-refractivity contribution in [3.8, 4) is 17.2 Å². The third-order valence-electron chi connectivity index (χ3n) is 5.85. The third-order valence-corrected chi connectivity index (χ3v) is 5.85. The van der Waals surface area contributed by atoms with Crippen molar-refractivity contribution in [3.63, 3.8) is 0 Å². The number of nitrogens with zero attached hydrogens (tertiary/aromatic N) is 2. The number of carbonyl (C=O) groups is 1. The molecule has 0 unspecified atom stereocenters. The minimum absolute atomic E-state index is 0.152. The average Bonchev–Trinajstić information content (AvgIpc) is 3.25. The van der Waals surface area contributed by atoms with Crippen LogP contribution in [0, 0.1) is 0 Å². The van der Waals surface area contributed by atoms with E-state index in [1.807, 2.05) is 6.07 Å². The molecule has 0 aromatic heterocycles. The number of anilines is 1. The van der Waals surface area contributed by atoms with Crippen molar-refractivity contribution in [2.24, 2.45) is 0 Å². The van der Waals surface area contributed by atoms with Crippen LogP contribution in [0.15, 0.2) is 42.5 Å². The van der Waals surface area contributed by atoms with Crippen molar-refractivity contribution in [2.75, 3.05) is 58.0 Å². The number of methoxy groups -OCH3 is 1. The van der Waals surface area contributed by atoms with Gasteiger partial charge in [0.2, 0.25) is 0 Å². The van der Waals surface area contributed by atoms with Crippen LogP contribution in [0.2, 0.25) is 0 Å². The number of morpholine rings is 1. The van der Waals surface area contributed by atoms with Gasteiger partial charge in [-0.05, 0) is 30.2 Å². The van der Waals surface area contributed by atoms with Crippen LogP contribution in [0.3, 0.4) is 0 Å². The molecule has 1 amide bonds. The number of halogens is 3. The van der Waals surface area contributed by atoms with Gasteiger partial charge in [-0.2, -0.15) is 0 Å².